The molecule has 0 spiro atoms. The zero-order valence-corrected chi connectivity index (χ0v) is 16.8. The Kier molecular flexibility index (Phi) is 4.96. The third kappa shape index (κ3) is 3.44. The van der Waals surface area contributed by atoms with E-state index in [4.69, 9.17) is 0 Å². The highest BCUT2D eigenvalue weighted by Crippen LogP contribution is 2.28. The fourth-order valence-electron chi connectivity index (χ4n) is 3.94. The Morgan fingerprint density at radius 3 is 2.59 bits per heavy atom. The molecule has 0 unspecified atom stereocenters. The van der Waals surface area contributed by atoms with E-state index in [0.717, 1.165) is 37.2 Å². The van der Waals surface area contributed by atoms with E-state index in [2.05, 4.69) is 21.9 Å². The molecule has 1 amide bonds. The van der Waals surface area contributed by atoms with Gasteiger partial charge in [-0.2, -0.15) is 5.10 Å². The van der Waals surface area contributed by atoms with Gasteiger partial charge in [-0.25, -0.2) is 9.37 Å². The van der Waals surface area contributed by atoms with Gasteiger partial charge in [0, 0.05) is 56.4 Å². The number of aryl methyl sites for hydroxylation is 2. The molecular formula is C21H24FN5O2. The number of nitrogens with zero attached hydrogens (tertiary/aromatic N) is 5. The number of hydrogen-bond acceptors (Lipinski definition) is 5. The third-order valence-electron chi connectivity index (χ3n) is 5.74. The first-order valence-corrected chi connectivity index (χ1v) is 9.63. The predicted octanol–water partition coefficient (Wildman–Crippen LogP) is 2.39. The summed E-state index contributed by atoms with van der Waals surface area (Å²) in [6, 6.07) is 4.43. The first-order chi connectivity index (χ1) is 13.9. The van der Waals surface area contributed by atoms with E-state index in [1.54, 1.807) is 11.0 Å². The van der Waals surface area contributed by atoms with Crippen molar-refractivity contribution in [2.45, 2.75) is 20.4 Å². The number of pyridine rings is 1. The molecule has 2 aromatic heterocycles. The van der Waals surface area contributed by atoms with Crippen LogP contribution in [0.4, 0.5) is 4.39 Å². The molecule has 0 aliphatic carbocycles. The fraction of sp³-hybridized carbons (Fsp3) is 0.381. The molecule has 1 saturated heterocycles. The van der Waals surface area contributed by atoms with Crippen molar-refractivity contribution < 1.29 is 14.3 Å². The Labute approximate surface area is 168 Å². The summed E-state index contributed by atoms with van der Waals surface area (Å²) in [5, 5.41) is 15.1. The van der Waals surface area contributed by atoms with Crippen LogP contribution in [0.5, 0.6) is 5.75 Å². The number of fused-ring (bicyclic) bond motifs is 1. The summed E-state index contributed by atoms with van der Waals surface area (Å²) in [6.07, 6.45) is 1.14. The Balaban J connectivity index is 1.51. The molecule has 4 rings (SSSR count). The van der Waals surface area contributed by atoms with Crippen molar-refractivity contribution in [2.24, 2.45) is 7.05 Å². The van der Waals surface area contributed by atoms with Gasteiger partial charge >= 0.3 is 0 Å². The number of para-hydroxylation sites is 1. The van der Waals surface area contributed by atoms with Gasteiger partial charge in [-0.1, -0.05) is 12.1 Å². The van der Waals surface area contributed by atoms with Gasteiger partial charge in [0.05, 0.1) is 17.5 Å². The van der Waals surface area contributed by atoms with Crippen LogP contribution >= 0.6 is 0 Å². The SMILES string of the molecule is Cc1nn(C)c(C)c1CN1CCN(C(=O)c2c(O)cnc3c(F)cccc23)CC1. The Morgan fingerprint density at radius 2 is 1.93 bits per heavy atom. The van der Waals surface area contributed by atoms with Gasteiger partial charge in [0.1, 0.15) is 17.1 Å². The maximum Gasteiger partial charge on any atom is 0.258 e. The van der Waals surface area contributed by atoms with Gasteiger partial charge in [0.15, 0.2) is 0 Å². The molecule has 1 N–H and O–H groups in total. The van der Waals surface area contributed by atoms with Gasteiger partial charge in [0.2, 0.25) is 0 Å². The van der Waals surface area contributed by atoms with E-state index in [9.17, 15) is 14.3 Å². The normalized spacial score (nSPS) is 15.2. The second kappa shape index (κ2) is 7.44. The highest BCUT2D eigenvalue weighted by Gasteiger charge is 2.27. The van der Waals surface area contributed by atoms with Gasteiger partial charge < -0.3 is 10.0 Å². The number of benzene rings is 1. The number of hydrogen-bond donors (Lipinski definition) is 1. The molecule has 1 aliphatic rings. The summed E-state index contributed by atoms with van der Waals surface area (Å²) in [4.78, 5) is 21.0. The third-order valence-corrected chi connectivity index (χ3v) is 5.74. The zero-order chi connectivity index (χ0) is 20.7. The summed E-state index contributed by atoms with van der Waals surface area (Å²) in [5.74, 6) is -1.03. The molecular weight excluding hydrogens is 373 g/mol. The quantitative estimate of drug-likeness (QED) is 0.735. The first-order valence-electron chi connectivity index (χ1n) is 9.63. The van der Waals surface area contributed by atoms with Crippen LogP contribution in [0.15, 0.2) is 24.4 Å². The average Bonchev–Trinajstić information content (AvgIpc) is 2.94. The fourth-order valence-corrected chi connectivity index (χ4v) is 3.94. The Morgan fingerprint density at radius 1 is 1.21 bits per heavy atom. The molecule has 0 saturated carbocycles. The molecule has 3 heterocycles. The van der Waals surface area contributed by atoms with Crippen LogP contribution in [0.2, 0.25) is 0 Å². The van der Waals surface area contributed by atoms with Gasteiger partial charge in [-0.3, -0.25) is 14.4 Å². The van der Waals surface area contributed by atoms with E-state index in [0.29, 0.717) is 18.5 Å². The molecule has 0 radical (unpaired) electrons. The van der Waals surface area contributed by atoms with Crippen molar-refractivity contribution in [3.8, 4) is 5.75 Å². The number of carbonyl (C=O) groups is 1. The predicted molar refractivity (Wildman–Crippen MR) is 107 cm³/mol. The number of amides is 1. The molecule has 29 heavy (non-hydrogen) atoms. The van der Waals surface area contributed by atoms with Gasteiger partial charge in [-0.05, 0) is 19.9 Å². The summed E-state index contributed by atoms with van der Waals surface area (Å²) >= 11 is 0. The molecule has 3 aromatic rings. The first kappa shape index (κ1) is 19.3. The van der Waals surface area contributed by atoms with Crippen LogP contribution in [-0.2, 0) is 13.6 Å². The van der Waals surface area contributed by atoms with E-state index in [1.165, 1.54) is 17.7 Å². The van der Waals surface area contributed by atoms with Crippen molar-refractivity contribution in [3.63, 3.8) is 0 Å². The van der Waals surface area contributed by atoms with Crippen molar-refractivity contribution in [3.05, 3.63) is 52.7 Å². The molecule has 1 aliphatic heterocycles. The number of halogens is 1. The lowest BCUT2D eigenvalue weighted by molar-refractivity contribution is 0.0627. The van der Waals surface area contributed by atoms with E-state index in [1.807, 2.05) is 18.7 Å². The Hall–Kier alpha value is -3.00. The summed E-state index contributed by atoms with van der Waals surface area (Å²) in [6.45, 7) is 7.38. The molecule has 7 nitrogen and oxygen atoms in total. The molecule has 8 heteroatoms. The lowest BCUT2D eigenvalue weighted by atomic mass is 10.1. The van der Waals surface area contributed by atoms with Crippen LogP contribution in [0, 0.1) is 19.7 Å². The van der Waals surface area contributed by atoms with Crippen LogP contribution < -0.4 is 0 Å². The zero-order valence-electron chi connectivity index (χ0n) is 16.8. The standard InChI is InChI=1S/C21H24FN5O2/c1-13-16(14(2)25(3)24-13)12-26-7-9-27(10-8-26)21(29)19-15-5-4-6-17(22)20(15)23-11-18(19)28/h4-6,11,28H,7-10,12H2,1-3H3. The lowest BCUT2D eigenvalue weighted by Crippen LogP contribution is -2.48. The van der Waals surface area contributed by atoms with Crippen molar-refractivity contribution in [2.75, 3.05) is 26.2 Å². The van der Waals surface area contributed by atoms with Crippen molar-refractivity contribution >= 4 is 16.8 Å². The van der Waals surface area contributed by atoms with Crippen LogP contribution in [0.1, 0.15) is 27.3 Å². The lowest BCUT2D eigenvalue weighted by Gasteiger charge is -2.35. The highest BCUT2D eigenvalue weighted by atomic mass is 19.1. The summed E-state index contributed by atoms with van der Waals surface area (Å²) in [7, 11) is 1.94. The number of aromatic nitrogens is 3. The highest BCUT2D eigenvalue weighted by molar-refractivity contribution is 6.08. The smallest absolute Gasteiger partial charge is 0.258 e. The topological polar surface area (TPSA) is 74.5 Å². The molecule has 1 aromatic carbocycles. The molecule has 152 valence electrons. The van der Waals surface area contributed by atoms with E-state index < -0.39 is 5.82 Å². The molecule has 1 fully saturated rings. The number of piperazine rings is 1. The van der Waals surface area contributed by atoms with Crippen LogP contribution in [-0.4, -0.2) is 61.8 Å². The minimum absolute atomic E-state index is 0.0924. The monoisotopic (exact) mass is 397 g/mol. The van der Waals surface area contributed by atoms with Crippen molar-refractivity contribution in [1.29, 1.82) is 0 Å². The minimum atomic E-state index is -0.511. The van der Waals surface area contributed by atoms with Gasteiger partial charge in [-0.15, -0.1) is 0 Å². The minimum Gasteiger partial charge on any atom is -0.505 e. The second-order valence-corrected chi connectivity index (χ2v) is 7.50. The maximum atomic E-state index is 14.0. The number of carbonyl (C=O) groups excluding carboxylic acids is 1. The number of rotatable bonds is 3. The van der Waals surface area contributed by atoms with Crippen LogP contribution in [0.25, 0.3) is 10.9 Å². The molecule has 0 bridgehead atoms. The summed E-state index contributed by atoms with van der Waals surface area (Å²) < 4.78 is 15.9. The van der Waals surface area contributed by atoms with Crippen LogP contribution in [0.3, 0.4) is 0 Å². The van der Waals surface area contributed by atoms with Gasteiger partial charge in [0.25, 0.3) is 5.91 Å². The van der Waals surface area contributed by atoms with E-state index in [-0.39, 0.29) is 22.7 Å². The van der Waals surface area contributed by atoms with Crippen molar-refractivity contribution in [1.82, 2.24) is 24.6 Å². The second-order valence-electron chi connectivity index (χ2n) is 7.50. The maximum absolute atomic E-state index is 14.0. The number of aromatic hydroxyl groups is 1. The largest absolute Gasteiger partial charge is 0.505 e. The summed E-state index contributed by atoms with van der Waals surface area (Å²) in [5.41, 5.74) is 3.60. The average molecular weight is 397 g/mol. The van der Waals surface area contributed by atoms with E-state index >= 15 is 0 Å². The molecule has 0 atom stereocenters. The Bertz CT molecular complexity index is 1090.